The highest BCUT2D eigenvalue weighted by atomic mass is 35.5. The van der Waals surface area contributed by atoms with Gasteiger partial charge in [0.05, 0.1) is 38.1 Å². The Morgan fingerprint density at radius 3 is 1.62 bits per heavy atom. The summed E-state index contributed by atoms with van der Waals surface area (Å²) in [7, 11) is 4.89. The standard InChI is InChI=1S/C34H34N2O4.C26H26ClN3O3/c1-24-13-14-27(33(37)35-21-19-26(20-22-35)25-15-17-29(39-2)18-16-25)23-31(24)36(28-9-5-4-6-10-28)34(38)30-11-7-8-12-32(30)40-3;1-17-5-6-20(16-23(17)29-25(31)22-4-3-13-28-24(22)27)26(32)30-14-11-19(12-15-30)18-7-9-21(33-2)10-8-18/h4-18,23,26H,19-22H2,1-3H3;3-10,13,16,19H,11-12,14-15H2,1-2H3,(H,29,31). The van der Waals surface area contributed by atoms with Crippen molar-refractivity contribution < 1.29 is 33.4 Å². The van der Waals surface area contributed by atoms with E-state index in [1.54, 1.807) is 62.6 Å². The number of rotatable bonds is 12. The van der Waals surface area contributed by atoms with E-state index in [4.69, 9.17) is 25.8 Å². The predicted molar refractivity (Wildman–Crippen MR) is 287 cm³/mol. The third-order valence-electron chi connectivity index (χ3n) is 13.7. The smallest absolute Gasteiger partial charge is 0.266 e. The lowest BCUT2D eigenvalue weighted by Gasteiger charge is -2.33. The van der Waals surface area contributed by atoms with Crippen molar-refractivity contribution in [1.82, 2.24) is 14.8 Å². The molecule has 73 heavy (non-hydrogen) atoms. The highest BCUT2D eigenvalue weighted by Gasteiger charge is 2.29. The Bertz CT molecular complexity index is 3040. The van der Waals surface area contributed by atoms with Crippen LogP contribution in [0.2, 0.25) is 5.15 Å². The topological polar surface area (TPSA) is 131 Å². The summed E-state index contributed by atoms with van der Waals surface area (Å²) in [5.74, 6) is 2.40. The number of carbonyl (C=O) groups is 4. The average Bonchev–Trinajstić information content (AvgIpc) is 3.44. The molecule has 0 bridgehead atoms. The molecule has 0 radical (unpaired) electrons. The van der Waals surface area contributed by atoms with Crippen LogP contribution in [0, 0.1) is 13.8 Å². The molecule has 13 heteroatoms. The van der Waals surface area contributed by atoms with E-state index >= 15 is 0 Å². The van der Waals surface area contributed by atoms with Crippen LogP contribution in [-0.2, 0) is 0 Å². The van der Waals surface area contributed by atoms with E-state index in [-0.39, 0.29) is 34.3 Å². The number of likely N-dealkylation sites (tertiary alicyclic amines) is 2. The second kappa shape index (κ2) is 24.0. The number of halogens is 1. The molecule has 2 aliphatic heterocycles. The van der Waals surface area contributed by atoms with Crippen molar-refractivity contribution in [3.8, 4) is 17.2 Å². The molecule has 4 amide bonds. The SMILES string of the molecule is COc1ccc(C2CCN(C(=O)c3ccc(C)c(N(C(=O)c4ccccc4OC)c4ccccc4)c3)CC2)cc1.COc1ccc(C2CCN(C(=O)c3ccc(C)c(NC(=O)c4cccnc4Cl)c3)CC2)cc1. The number of hydrogen-bond donors (Lipinski definition) is 1. The molecule has 0 saturated carbocycles. The first kappa shape index (κ1) is 51.4. The quantitative estimate of drug-likeness (QED) is 0.120. The zero-order valence-corrected chi connectivity index (χ0v) is 42.6. The molecule has 0 atom stereocenters. The number of ether oxygens (including phenoxy) is 3. The second-order valence-corrected chi connectivity index (χ2v) is 18.5. The Labute approximate surface area is 432 Å². The van der Waals surface area contributed by atoms with Crippen molar-refractivity contribution >= 4 is 52.3 Å². The van der Waals surface area contributed by atoms with Crippen molar-refractivity contribution in [1.29, 1.82) is 0 Å². The minimum Gasteiger partial charge on any atom is -0.497 e. The molecule has 0 spiro atoms. The van der Waals surface area contributed by atoms with E-state index in [0.717, 1.165) is 48.3 Å². The second-order valence-electron chi connectivity index (χ2n) is 18.2. The lowest BCUT2D eigenvalue weighted by molar-refractivity contribution is 0.0705. The lowest BCUT2D eigenvalue weighted by Crippen LogP contribution is -2.38. The van der Waals surface area contributed by atoms with Gasteiger partial charge < -0.3 is 29.3 Å². The zero-order valence-electron chi connectivity index (χ0n) is 41.8. The molecular formula is C60H60ClN5O7. The highest BCUT2D eigenvalue weighted by molar-refractivity contribution is 6.33. The van der Waals surface area contributed by atoms with E-state index in [1.165, 1.54) is 17.3 Å². The molecule has 2 fully saturated rings. The normalized spacial score (nSPS) is 13.8. The van der Waals surface area contributed by atoms with Crippen LogP contribution in [0.3, 0.4) is 0 Å². The molecule has 0 unspecified atom stereocenters. The van der Waals surface area contributed by atoms with Gasteiger partial charge in [-0.2, -0.15) is 0 Å². The molecule has 2 aliphatic rings. The van der Waals surface area contributed by atoms with Gasteiger partial charge in [0.15, 0.2) is 0 Å². The Balaban J connectivity index is 0.000000199. The van der Waals surface area contributed by atoms with Crippen LogP contribution < -0.4 is 24.4 Å². The summed E-state index contributed by atoms with van der Waals surface area (Å²) in [6.07, 6.45) is 5.15. The molecule has 6 aromatic carbocycles. The minimum atomic E-state index is -0.360. The van der Waals surface area contributed by atoms with Gasteiger partial charge in [0.1, 0.15) is 22.4 Å². The van der Waals surface area contributed by atoms with Gasteiger partial charge in [0.2, 0.25) is 0 Å². The molecule has 1 aromatic heterocycles. The number of nitrogens with zero attached hydrogens (tertiary/aromatic N) is 4. The van der Waals surface area contributed by atoms with Crippen molar-refractivity contribution in [2.75, 3.05) is 57.7 Å². The Kier molecular flexibility index (Phi) is 16.9. The number of methoxy groups -OCH3 is 3. The molecule has 1 N–H and O–H groups in total. The summed E-state index contributed by atoms with van der Waals surface area (Å²) >= 11 is 6.04. The van der Waals surface area contributed by atoms with Gasteiger partial charge in [-0.25, -0.2) is 4.98 Å². The molecule has 0 aliphatic carbocycles. The zero-order chi connectivity index (χ0) is 51.4. The number of benzene rings is 6. The largest absolute Gasteiger partial charge is 0.497 e. The number of pyridine rings is 1. The molecule has 7 aromatic rings. The van der Waals surface area contributed by atoms with Crippen molar-refractivity contribution in [3.05, 3.63) is 208 Å². The maximum Gasteiger partial charge on any atom is 0.266 e. The van der Waals surface area contributed by atoms with Gasteiger partial charge in [-0.3, -0.25) is 24.1 Å². The first-order chi connectivity index (χ1) is 35.5. The van der Waals surface area contributed by atoms with Crippen LogP contribution in [0.15, 0.2) is 158 Å². The molecule has 374 valence electrons. The maximum absolute atomic E-state index is 14.0. The van der Waals surface area contributed by atoms with Crippen LogP contribution in [0.1, 0.15) is 101 Å². The maximum atomic E-state index is 14.0. The fraction of sp³-hybridized carbons (Fsp3) is 0.250. The van der Waals surface area contributed by atoms with E-state index in [2.05, 4.69) is 34.6 Å². The average molecular weight is 999 g/mol. The van der Waals surface area contributed by atoms with Gasteiger partial charge in [-0.1, -0.05) is 78.3 Å². The van der Waals surface area contributed by atoms with Gasteiger partial charge >= 0.3 is 0 Å². The van der Waals surface area contributed by atoms with Crippen molar-refractivity contribution in [2.45, 2.75) is 51.4 Å². The van der Waals surface area contributed by atoms with Crippen LogP contribution >= 0.6 is 11.6 Å². The minimum absolute atomic E-state index is 0.0211. The number of aromatic nitrogens is 1. The van der Waals surface area contributed by atoms with E-state index < -0.39 is 0 Å². The van der Waals surface area contributed by atoms with Crippen LogP contribution in [0.25, 0.3) is 0 Å². The highest BCUT2D eigenvalue weighted by Crippen LogP contribution is 2.36. The first-order valence-electron chi connectivity index (χ1n) is 24.5. The number of piperidine rings is 2. The summed E-state index contributed by atoms with van der Waals surface area (Å²) in [5, 5.41) is 3.00. The van der Waals surface area contributed by atoms with Crippen LogP contribution in [0.5, 0.6) is 17.2 Å². The fourth-order valence-electron chi connectivity index (χ4n) is 9.45. The van der Waals surface area contributed by atoms with Gasteiger partial charge in [0, 0.05) is 54.9 Å². The van der Waals surface area contributed by atoms with E-state index in [9.17, 15) is 19.2 Å². The Hall–Kier alpha value is -7.96. The van der Waals surface area contributed by atoms with E-state index in [0.29, 0.717) is 77.5 Å². The number of para-hydroxylation sites is 2. The number of nitrogens with one attached hydrogen (secondary N) is 1. The molecule has 12 nitrogen and oxygen atoms in total. The first-order valence-corrected chi connectivity index (χ1v) is 24.9. The number of hydrogen-bond acceptors (Lipinski definition) is 8. The van der Waals surface area contributed by atoms with Gasteiger partial charge in [-0.05, 0) is 159 Å². The van der Waals surface area contributed by atoms with Crippen molar-refractivity contribution in [3.63, 3.8) is 0 Å². The third kappa shape index (κ3) is 12.2. The molecule has 3 heterocycles. The monoisotopic (exact) mass is 997 g/mol. The summed E-state index contributed by atoms with van der Waals surface area (Å²) in [4.78, 5) is 62.9. The molecule has 2 saturated heterocycles. The fourth-order valence-corrected chi connectivity index (χ4v) is 9.66. The van der Waals surface area contributed by atoms with Gasteiger partial charge in [-0.15, -0.1) is 0 Å². The summed E-state index contributed by atoms with van der Waals surface area (Å²) < 4.78 is 16.0. The number of aryl methyl sites for hydroxylation is 2. The molecular weight excluding hydrogens is 938 g/mol. The third-order valence-corrected chi connectivity index (χ3v) is 14.0. The summed E-state index contributed by atoms with van der Waals surface area (Å²) in [6, 6.07) is 47.3. The van der Waals surface area contributed by atoms with E-state index in [1.807, 2.05) is 115 Å². The summed E-state index contributed by atoms with van der Waals surface area (Å²) in [5.41, 5.74) is 8.12. The number of amides is 4. The van der Waals surface area contributed by atoms with Gasteiger partial charge in [0.25, 0.3) is 23.6 Å². The number of anilines is 3. The van der Waals surface area contributed by atoms with Crippen LogP contribution in [0.4, 0.5) is 17.1 Å². The van der Waals surface area contributed by atoms with Crippen LogP contribution in [-0.4, -0.2) is 85.9 Å². The number of carbonyl (C=O) groups excluding carboxylic acids is 4. The lowest BCUT2D eigenvalue weighted by atomic mass is 9.89. The molecule has 9 rings (SSSR count). The Morgan fingerprint density at radius 1 is 0.575 bits per heavy atom. The predicted octanol–water partition coefficient (Wildman–Crippen LogP) is 12.3. The summed E-state index contributed by atoms with van der Waals surface area (Å²) in [6.45, 7) is 6.58. The van der Waals surface area contributed by atoms with Crippen molar-refractivity contribution in [2.24, 2.45) is 0 Å². The Morgan fingerprint density at radius 2 is 1.08 bits per heavy atom.